The highest BCUT2D eigenvalue weighted by Crippen LogP contribution is 2.32. The van der Waals surface area contributed by atoms with Gasteiger partial charge in [-0.2, -0.15) is 5.26 Å². The van der Waals surface area contributed by atoms with Gasteiger partial charge in [0.05, 0.1) is 5.56 Å². The molecule has 2 heterocycles. The van der Waals surface area contributed by atoms with Gasteiger partial charge in [0.1, 0.15) is 22.9 Å². The lowest BCUT2D eigenvalue weighted by Gasteiger charge is -2.28. The maximum absolute atomic E-state index is 13.8. The first-order valence-electron chi connectivity index (χ1n) is 9.77. The van der Waals surface area contributed by atoms with Crippen molar-refractivity contribution in [3.8, 4) is 17.2 Å². The summed E-state index contributed by atoms with van der Waals surface area (Å²) < 4.78 is 27.6. The first-order valence-corrected chi connectivity index (χ1v) is 11.0. The van der Waals surface area contributed by atoms with Gasteiger partial charge < -0.3 is 5.32 Å². The van der Waals surface area contributed by atoms with Crippen LogP contribution in [0.25, 0.3) is 21.9 Å². The van der Waals surface area contributed by atoms with E-state index in [4.69, 9.17) is 5.26 Å². The number of nitrogens with one attached hydrogen (secondary N) is 1. The van der Waals surface area contributed by atoms with Crippen molar-refractivity contribution >= 4 is 27.4 Å². The van der Waals surface area contributed by atoms with E-state index < -0.39 is 16.8 Å². The second-order valence-electron chi connectivity index (χ2n) is 7.06. The van der Waals surface area contributed by atoms with Gasteiger partial charge in [-0.25, -0.2) is 8.60 Å². The number of rotatable bonds is 5. The molecule has 2 atom stereocenters. The van der Waals surface area contributed by atoms with Crippen molar-refractivity contribution in [2.45, 2.75) is 19.4 Å². The van der Waals surface area contributed by atoms with Crippen molar-refractivity contribution in [1.82, 2.24) is 9.29 Å². The van der Waals surface area contributed by atoms with E-state index in [-0.39, 0.29) is 11.6 Å². The quantitative estimate of drug-likeness (QED) is 0.655. The first kappa shape index (κ1) is 20.0. The van der Waals surface area contributed by atoms with Crippen LogP contribution in [0.2, 0.25) is 0 Å². The van der Waals surface area contributed by atoms with Gasteiger partial charge in [0.2, 0.25) is 0 Å². The van der Waals surface area contributed by atoms with Crippen molar-refractivity contribution in [3.63, 3.8) is 0 Å². The molecule has 0 saturated carbocycles. The third kappa shape index (κ3) is 4.05. The molecule has 0 radical (unpaired) electrons. The predicted molar refractivity (Wildman–Crippen MR) is 118 cm³/mol. The van der Waals surface area contributed by atoms with Gasteiger partial charge in [0, 0.05) is 48.0 Å². The van der Waals surface area contributed by atoms with Gasteiger partial charge in [-0.1, -0.05) is 13.0 Å². The lowest BCUT2D eigenvalue weighted by atomic mass is 9.98. The molecule has 2 unspecified atom stereocenters. The molecule has 4 rings (SSSR count). The zero-order chi connectivity index (χ0) is 21.1. The molecular formula is C23H21FN4OS. The smallest absolute Gasteiger partial charge is 0.140 e. The molecule has 1 aliphatic heterocycles. The van der Waals surface area contributed by atoms with Crippen molar-refractivity contribution in [1.29, 1.82) is 5.26 Å². The lowest BCUT2D eigenvalue weighted by molar-refractivity contribution is 0.509. The van der Waals surface area contributed by atoms with Gasteiger partial charge >= 0.3 is 0 Å². The second kappa shape index (κ2) is 8.64. The molecule has 0 saturated heterocycles. The average Bonchev–Trinajstić information content (AvgIpc) is 2.79. The normalized spacial score (nSPS) is 17.0. The summed E-state index contributed by atoms with van der Waals surface area (Å²) in [6, 6.07) is 12.5. The molecular weight excluding hydrogens is 399 g/mol. The largest absolute Gasteiger partial charge is 0.378 e. The monoisotopic (exact) mass is 420 g/mol. The Balaban J connectivity index is 1.70. The SMILES string of the molecule is CCS(=O)N1C=CC(Nc2cc(-c3ccc(F)c(C#N)c3)cc3ccncc23)CC1. The number of aromatic nitrogens is 1. The standard InChI is InChI=1S/C23H21FN4OS/c1-2-30(29)28-9-6-20(7-10-28)27-23-13-18(12-17-5-8-26-15-21(17)23)16-3-4-22(24)19(11-16)14-25/h3-6,8-9,11-13,15,20,27H,2,7,10H2,1H3. The van der Waals surface area contributed by atoms with E-state index in [1.54, 1.807) is 18.3 Å². The number of anilines is 1. The van der Waals surface area contributed by atoms with E-state index in [9.17, 15) is 8.60 Å². The molecule has 0 amide bonds. The van der Waals surface area contributed by atoms with E-state index in [0.29, 0.717) is 12.3 Å². The average molecular weight is 421 g/mol. The number of hydrogen-bond acceptors (Lipinski definition) is 4. The Morgan fingerprint density at radius 1 is 1.30 bits per heavy atom. The molecule has 1 N–H and O–H groups in total. The minimum absolute atomic E-state index is 0.0241. The van der Waals surface area contributed by atoms with Crippen molar-refractivity contribution in [3.05, 3.63) is 72.4 Å². The third-order valence-corrected chi connectivity index (χ3v) is 6.49. The highest BCUT2D eigenvalue weighted by atomic mass is 32.2. The number of pyridine rings is 1. The van der Waals surface area contributed by atoms with Crippen LogP contribution in [-0.2, 0) is 11.0 Å². The number of hydrogen-bond donors (Lipinski definition) is 1. The molecule has 0 spiro atoms. The Kier molecular flexibility index (Phi) is 5.77. The minimum atomic E-state index is -0.979. The van der Waals surface area contributed by atoms with Crippen LogP contribution in [0, 0.1) is 17.1 Å². The number of benzene rings is 2. The van der Waals surface area contributed by atoms with Crippen molar-refractivity contribution < 1.29 is 8.60 Å². The molecule has 0 bridgehead atoms. The Hall–Kier alpha value is -3.24. The third-order valence-electron chi connectivity index (χ3n) is 5.17. The van der Waals surface area contributed by atoms with Crippen molar-refractivity contribution in [2.75, 3.05) is 17.6 Å². The number of fused-ring (bicyclic) bond motifs is 1. The maximum atomic E-state index is 13.8. The Labute approximate surface area is 177 Å². The van der Waals surface area contributed by atoms with Crippen LogP contribution in [0.4, 0.5) is 10.1 Å². The second-order valence-corrected chi connectivity index (χ2v) is 8.75. The molecule has 3 aromatic rings. The molecule has 7 heteroatoms. The summed E-state index contributed by atoms with van der Waals surface area (Å²) in [7, 11) is -0.979. The fourth-order valence-corrected chi connectivity index (χ4v) is 4.41. The number of nitrogens with zero attached hydrogens (tertiary/aromatic N) is 3. The summed E-state index contributed by atoms with van der Waals surface area (Å²) >= 11 is 0. The summed E-state index contributed by atoms with van der Waals surface area (Å²) in [6.07, 6.45) is 8.29. The number of halogens is 1. The van der Waals surface area contributed by atoms with Crippen LogP contribution in [0.15, 0.2) is 61.1 Å². The highest BCUT2D eigenvalue weighted by Gasteiger charge is 2.17. The fraction of sp³-hybridized carbons (Fsp3) is 0.217. The molecule has 0 aliphatic carbocycles. The Morgan fingerprint density at radius 3 is 2.90 bits per heavy atom. The van der Waals surface area contributed by atoms with Gasteiger partial charge in [0.25, 0.3) is 0 Å². The zero-order valence-electron chi connectivity index (χ0n) is 16.5. The summed E-state index contributed by atoms with van der Waals surface area (Å²) in [5, 5.41) is 14.7. The van der Waals surface area contributed by atoms with E-state index in [0.717, 1.165) is 34.0 Å². The predicted octanol–water partition coefficient (Wildman–Crippen LogP) is 4.60. The van der Waals surface area contributed by atoms with Crippen LogP contribution in [0.3, 0.4) is 0 Å². The maximum Gasteiger partial charge on any atom is 0.140 e. The molecule has 2 aromatic carbocycles. The molecule has 5 nitrogen and oxygen atoms in total. The highest BCUT2D eigenvalue weighted by molar-refractivity contribution is 7.82. The molecule has 1 aromatic heterocycles. The molecule has 152 valence electrons. The summed E-state index contributed by atoms with van der Waals surface area (Å²) in [6.45, 7) is 2.63. The van der Waals surface area contributed by atoms with Gasteiger partial charge in [-0.3, -0.25) is 9.29 Å². The molecule has 0 fully saturated rings. The van der Waals surface area contributed by atoms with E-state index in [1.165, 1.54) is 6.07 Å². The first-order chi connectivity index (χ1) is 14.6. The van der Waals surface area contributed by atoms with Crippen LogP contribution in [-0.4, -0.2) is 31.8 Å². The molecule has 1 aliphatic rings. The van der Waals surface area contributed by atoms with Crippen molar-refractivity contribution in [2.24, 2.45) is 0 Å². The van der Waals surface area contributed by atoms with Crippen LogP contribution >= 0.6 is 0 Å². The van der Waals surface area contributed by atoms with Gasteiger partial charge in [-0.05, 0) is 59.3 Å². The summed E-state index contributed by atoms with van der Waals surface area (Å²) in [4.78, 5) is 4.26. The Morgan fingerprint density at radius 2 is 2.17 bits per heavy atom. The van der Waals surface area contributed by atoms with E-state index in [2.05, 4.69) is 10.3 Å². The fourth-order valence-electron chi connectivity index (χ4n) is 3.57. The number of nitriles is 1. The zero-order valence-corrected chi connectivity index (χ0v) is 17.3. The lowest BCUT2D eigenvalue weighted by Crippen LogP contribution is -2.32. The van der Waals surface area contributed by atoms with Gasteiger partial charge in [-0.15, -0.1) is 0 Å². The minimum Gasteiger partial charge on any atom is -0.378 e. The Bertz CT molecular complexity index is 1190. The van der Waals surface area contributed by atoms with E-state index >= 15 is 0 Å². The van der Waals surface area contributed by atoms with Gasteiger partial charge in [0.15, 0.2) is 0 Å². The summed E-state index contributed by atoms with van der Waals surface area (Å²) in [5.41, 5.74) is 2.61. The summed E-state index contributed by atoms with van der Waals surface area (Å²) in [5.74, 6) is 0.0781. The molecule has 30 heavy (non-hydrogen) atoms. The van der Waals surface area contributed by atoms with Crippen LogP contribution < -0.4 is 5.32 Å². The van der Waals surface area contributed by atoms with Crippen LogP contribution in [0.5, 0.6) is 0 Å². The van der Waals surface area contributed by atoms with E-state index in [1.807, 2.05) is 54.0 Å². The van der Waals surface area contributed by atoms with Crippen LogP contribution in [0.1, 0.15) is 18.9 Å². The topological polar surface area (TPSA) is 69.0 Å².